The summed E-state index contributed by atoms with van der Waals surface area (Å²) in [6.45, 7) is 3.12. The second-order valence-electron chi connectivity index (χ2n) is 8.26. The summed E-state index contributed by atoms with van der Waals surface area (Å²) in [6.07, 6.45) is 2.81. The van der Waals surface area contributed by atoms with Crippen molar-refractivity contribution < 1.29 is 4.79 Å². The highest BCUT2D eigenvalue weighted by molar-refractivity contribution is 6.33. The van der Waals surface area contributed by atoms with Crippen molar-refractivity contribution in [2.75, 3.05) is 13.1 Å². The molecule has 1 amide bonds. The topological polar surface area (TPSA) is 85.6 Å². The Hall–Kier alpha value is -3.13. The third kappa shape index (κ3) is 5.27. The van der Waals surface area contributed by atoms with Crippen LogP contribution in [0.15, 0.2) is 71.7 Å². The Morgan fingerprint density at radius 2 is 1.80 bits per heavy atom. The number of hydrogen-bond donors (Lipinski definition) is 1. The van der Waals surface area contributed by atoms with E-state index in [4.69, 9.17) is 34.0 Å². The molecule has 2 heterocycles. The third-order valence-electron chi connectivity index (χ3n) is 5.95. The molecule has 0 saturated heterocycles. The van der Waals surface area contributed by atoms with Crippen molar-refractivity contribution in [1.82, 2.24) is 19.1 Å². The van der Waals surface area contributed by atoms with E-state index in [9.17, 15) is 9.59 Å². The number of carbonyl (C=O) groups is 1. The number of hydrogen-bond acceptors (Lipinski definition) is 4. The number of fused-ring (bicyclic) bond motifs is 1. The first-order valence-electron chi connectivity index (χ1n) is 11.5. The zero-order valence-electron chi connectivity index (χ0n) is 19.4. The fourth-order valence-electron chi connectivity index (χ4n) is 4.21. The number of nitrogens with two attached hydrogens (primary N) is 1. The van der Waals surface area contributed by atoms with Gasteiger partial charge in [0.2, 0.25) is 0 Å². The number of benzene rings is 2. The molecule has 0 aliphatic carbocycles. The minimum Gasteiger partial charge on any atom is -0.330 e. The smallest absolute Gasteiger partial charge is 0.279 e. The number of halogens is 2. The fourth-order valence-corrected chi connectivity index (χ4v) is 4.55. The van der Waals surface area contributed by atoms with Crippen LogP contribution in [0.5, 0.6) is 0 Å². The molecule has 1 atom stereocenters. The first-order valence-corrected chi connectivity index (χ1v) is 12.3. The van der Waals surface area contributed by atoms with E-state index >= 15 is 0 Å². The normalized spacial score (nSPS) is 12.1. The van der Waals surface area contributed by atoms with E-state index in [2.05, 4.69) is 0 Å². The Morgan fingerprint density at radius 1 is 1.09 bits per heavy atom. The second-order valence-corrected chi connectivity index (χ2v) is 9.11. The summed E-state index contributed by atoms with van der Waals surface area (Å²) in [5, 5.41) is 5.68. The van der Waals surface area contributed by atoms with Gasteiger partial charge in [0.1, 0.15) is 5.52 Å². The van der Waals surface area contributed by atoms with E-state index in [0.29, 0.717) is 59.4 Å². The Kier molecular flexibility index (Phi) is 7.90. The molecule has 0 aliphatic heterocycles. The van der Waals surface area contributed by atoms with Crippen LogP contribution >= 0.6 is 23.2 Å². The van der Waals surface area contributed by atoms with Gasteiger partial charge in [0.05, 0.1) is 17.6 Å². The van der Waals surface area contributed by atoms with Crippen molar-refractivity contribution in [1.29, 1.82) is 0 Å². The molecule has 0 saturated carbocycles. The van der Waals surface area contributed by atoms with Gasteiger partial charge in [-0.1, -0.05) is 60.5 Å². The molecule has 2 N–H and O–H groups in total. The molecule has 35 heavy (non-hydrogen) atoms. The molecule has 1 unspecified atom stereocenters. The van der Waals surface area contributed by atoms with Crippen LogP contribution in [0.4, 0.5) is 0 Å². The summed E-state index contributed by atoms with van der Waals surface area (Å²) in [5.74, 6) is 0.313. The van der Waals surface area contributed by atoms with Crippen molar-refractivity contribution in [2.24, 2.45) is 5.73 Å². The number of amides is 1. The largest absolute Gasteiger partial charge is 0.330 e. The molecule has 182 valence electrons. The highest BCUT2D eigenvalue weighted by Crippen LogP contribution is 2.27. The van der Waals surface area contributed by atoms with Gasteiger partial charge >= 0.3 is 0 Å². The van der Waals surface area contributed by atoms with Gasteiger partial charge in [-0.25, -0.2) is 4.52 Å². The van der Waals surface area contributed by atoms with Crippen molar-refractivity contribution in [3.63, 3.8) is 0 Å². The maximum atomic E-state index is 13.7. The number of rotatable bonds is 9. The van der Waals surface area contributed by atoms with E-state index in [-0.39, 0.29) is 11.5 Å². The minimum atomic E-state index is -0.466. The molecular formula is C26H27Cl2N5O2. The second kappa shape index (κ2) is 11.1. The van der Waals surface area contributed by atoms with Crippen LogP contribution < -0.4 is 11.3 Å². The third-order valence-corrected chi connectivity index (χ3v) is 6.51. The molecular weight excluding hydrogens is 485 g/mol. The molecule has 9 heteroatoms. The predicted molar refractivity (Wildman–Crippen MR) is 139 cm³/mol. The lowest BCUT2D eigenvalue weighted by atomic mass is 10.1. The Labute approximate surface area is 213 Å². The maximum Gasteiger partial charge on any atom is 0.279 e. The average Bonchev–Trinajstić information content (AvgIpc) is 3.25. The molecule has 2 aromatic carbocycles. The molecule has 0 spiro atoms. The molecule has 4 rings (SSSR count). The molecule has 4 aromatic rings. The van der Waals surface area contributed by atoms with Gasteiger partial charge in [0, 0.05) is 23.3 Å². The van der Waals surface area contributed by atoms with Crippen LogP contribution in [-0.2, 0) is 6.54 Å². The fraction of sp³-hybridized carbons (Fsp3) is 0.269. The van der Waals surface area contributed by atoms with Crippen molar-refractivity contribution in [3.8, 4) is 0 Å². The number of aromatic nitrogens is 3. The summed E-state index contributed by atoms with van der Waals surface area (Å²) in [6, 6.07) is 17.6. The maximum absolute atomic E-state index is 13.7. The Bertz CT molecular complexity index is 1370. The average molecular weight is 512 g/mol. The first kappa shape index (κ1) is 25.0. The monoisotopic (exact) mass is 511 g/mol. The van der Waals surface area contributed by atoms with E-state index < -0.39 is 6.04 Å². The summed E-state index contributed by atoms with van der Waals surface area (Å²) in [4.78, 5) is 29.1. The predicted octanol–water partition coefficient (Wildman–Crippen LogP) is 4.79. The van der Waals surface area contributed by atoms with E-state index in [1.165, 1.54) is 4.52 Å². The van der Waals surface area contributed by atoms with Gasteiger partial charge in [-0.15, -0.1) is 0 Å². The van der Waals surface area contributed by atoms with Gasteiger partial charge in [-0.2, -0.15) is 5.10 Å². The van der Waals surface area contributed by atoms with Crippen LogP contribution in [0.25, 0.3) is 5.52 Å². The lowest BCUT2D eigenvalue weighted by Gasteiger charge is -2.32. The van der Waals surface area contributed by atoms with Crippen LogP contribution in [0.2, 0.25) is 10.0 Å². The number of nitrogens with zero attached hydrogens (tertiary/aromatic N) is 4. The summed E-state index contributed by atoms with van der Waals surface area (Å²) in [5.41, 5.74) is 7.30. The summed E-state index contributed by atoms with van der Waals surface area (Å²) >= 11 is 12.4. The van der Waals surface area contributed by atoms with E-state index in [1.54, 1.807) is 46.0 Å². The zero-order chi connectivity index (χ0) is 24.9. The SMILES string of the molecule is CCC(c1nn2ccc(Cl)c2c(=O)n1Cc1ccccc1)N(CCCN)C(=O)c1ccc(Cl)cc1. The van der Waals surface area contributed by atoms with Gasteiger partial charge in [-0.3, -0.25) is 14.2 Å². The molecule has 0 bridgehead atoms. The molecule has 0 fully saturated rings. The highest BCUT2D eigenvalue weighted by atomic mass is 35.5. The van der Waals surface area contributed by atoms with Gasteiger partial charge < -0.3 is 10.6 Å². The number of carbonyl (C=O) groups excluding carboxylic acids is 1. The van der Waals surface area contributed by atoms with Crippen LogP contribution in [-0.4, -0.2) is 38.1 Å². The van der Waals surface area contributed by atoms with Gasteiger partial charge in [0.15, 0.2) is 5.82 Å². The highest BCUT2D eigenvalue weighted by Gasteiger charge is 2.29. The molecule has 2 aromatic heterocycles. The Balaban J connectivity index is 1.86. The minimum absolute atomic E-state index is 0.173. The summed E-state index contributed by atoms with van der Waals surface area (Å²) < 4.78 is 3.12. The van der Waals surface area contributed by atoms with Crippen molar-refractivity contribution in [2.45, 2.75) is 32.4 Å². The van der Waals surface area contributed by atoms with Crippen molar-refractivity contribution in [3.05, 3.63) is 104 Å². The quantitative estimate of drug-likeness (QED) is 0.349. The van der Waals surface area contributed by atoms with Gasteiger partial charge in [-0.05, 0) is 55.3 Å². The zero-order valence-corrected chi connectivity index (χ0v) is 20.9. The van der Waals surface area contributed by atoms with Crippen molar-refractivity contribution >= 4 is 34.6 Å². The molecule has 0 radical (unpaired) electrons. The van der Waals surface area contributed by atoms with Crippen LogP contribution in [0.1, 0.15) is 47.6 Å². The lowest BCUT2D eigenvalue weighted by Crippen LogP contribution is -2.40. The van der Waals surface area contributed by atoms with Crippen LogP contribution in [0, 0.1) is 0 Å². The van der Waals surface area contributed by atoms with E-state index in [1.807, 2.05) is 37.3 Å². The first-order chi connectivity index (χ1) is 16.9. The Morgan fingerprint density at radius 3 is 2.46 bits per heavy atom. The summed E-state index contributed by atoms with van der Waals surface area (Å²) in [7, 11) is 0. The van der Waals surface area contributed by atoms with Gasteiger partial charge in [0.25, 0.3) is 11.5 Å². The van der Waals surface area contributed by atoms with E-state index in [0.717, 1.165) is 5.56 Å². The molecule has 7 nitrogen and oxygen atoms in total. The standard InChI is InChI=1S/C26H27Cl2N5O2/c1-2-22(31(15-6-14-29)25(34)19-9-11-20(27)12-10-19)24-30-33-16-13-21(28)23(33)26(35)32(24)17-18-7-4-3-5-8-18/h3-5,7-13,16,22H,2,6,14-15,17,29H2,1H3. The lowest BCUT2D eigenvalue weighted by molar-refractivity contribution is 0.0654. The van der Waals surface area contributed by atoms with Crippen LogP contribution in [0.3, 0.4) is 0 Å². The molecule has 0 aliphatic rings.